The summed E-state index contributed by atoms with van der Waals surface area (Å²) in [4.78, 5) is 22.8. The van der Waals surface area contributed by atoms with Gasteiger partial charge in [0.25, 0.3) is 0 Å². The third-order valence-corrected chi connectivity index (χ3v) is 3.68. The molecule has 4 nitrogen and oxygen atoms in total. The number of carbonyl (C=O) groups excluding carboxylic acids is 1. The van der Waals surface area contributed by atoms with E-state index in [1.54, 1.807) is 39.0 Å². The van der Waals surface area contributed by atoms with E-state index in [2.05, 4.69) is 5.32 Å². The van der Waals surface area contributed by atoms with Gasteiger partial charge >= 0.3 is 5.97 Å². The molecule has 0 heterocycles. The van der Waals surface area contributed by atoms with Crippen molar-refractivity contribution < 1.29 is 19.1 Å². The van der Waals surface area contributed by atoms with Crippen LogP contribution in [0, 0.1) is 11.7 Å². The van der Waals surface area contributed by atoms with Gasteiger partial charge in [0.1, 0.15) is 5.82 Å². The lowest BCUT2D eigenvalue weighted by molar-refractivity contribution is -0.138. The van der Waals surface area contributed by atoms with E-state index in [1.807, 2.05) is 0 Å². The Hall–Kier alpha value is -1.91. The van der Waals surface area contributed by atoms with Crippen LogP contribution in [0.3, 0.4) is 0 Å². The molecule has 0 bridgehead atoms. The van der Waals surface area contributed by atoms with Crippen LogP contribution in [0.25, 0.3) is 0 Å². The fourth-order valence-corrected chi connectivity index (χ4v) is 2.14. The van der Waals surface area contributed by atoms with Crippen LogP contribution in [-0.2, 0) is 16.0 Å². The number of rotatable bonds is 8. The minimum absolute atomic E-state index is 0.0108. The SMILES string of the molecule is CC(CCc1ccccc1F)C(=O)NC(C)(C)CCC(=O)O. The van der Waals surface area contributed by atoms with Gasteiger partial charge in [-0.15, -0.1) is 0 Å². The number of aryl methyl sites for hydroxylation is 1. The average Bonchev–Trinajstić information content (AvgIpc) is 2.43. The Labute approximate surface area is 130 Å². The van der Waals surface area contributed by atoms with Crippen LogP contribution < -0.4 is 5.32 Å². The van der Waals surface area contributed by atoms with E-state index in [9.17, 15) is 14.0 Å². The van der Waals surface area contributed by atoms with Gasteiger partial charge in [-0.25, -0.2) is 4.39 Å². The van der Waals surface area contributed by atoms with Gasteiger partial charge in [0.15, 0.2) is 0 Å². The molecule has 2 N–H and O–H groups in total. The predicted molar refractivity (Wildman–Crippen MR) is 83.0 cm³/mol. The Morgan fingerprint density at radius 2 is 1.95 bits per heavy atom. The Kier molecular flexibility index (Phi) is 6.53. The van der Waals surface area contributed by atoms with Gasteiger partial charge in [0.2, 0.25) is 5.91 Å². The normalized spacial score (nSPS) is 12.7. The molecule has 0 fully saturated rings. The van der Waals surface area contributed by atoms with Crippen molar-refractivity contribution in [1.29, 1.82) is 0 Å². The number of halogens is 1. The fourth-order valence-electron chi connectivity index (χ4n) is 2.14. The standard InChI is InChI=1S/C17H24FNO3/c1-12(8-9-13-6-4-5-7-14(13)18)16(22)19-17(2,3)11-10-15(20)21/h4-7,12H,8-11H2,1-3H3,(H,19,22)(H,20,21). The summed E-state index contributed by atoms with van der Waals surface area (Å²) in [5.74, 6) is -1.53. The largest absolute Gasteiger partial charge is 0.481 e. The minimum atomic E-state index is -0.880. The van der Waals surface area contributed by atoms with Crippen molar-refractivity contribution in [3.63, 3.8) is 0 Å². The maximum atomic E-state index is 13.5. The second-order valence-corrected chi connectivity index (χ2v) is 6.30. The highest BCUT2D eigenvalue weighted by atomic mass is 19.1. The molecule has 5 heteroatoms. The van der Waals surface area contributed by atoms with E-state index in [0.717, 1.165) is 0 Å². The number of hydrogen-bond donors (Lipinski definition) is 2. The molecule has 0 aliphatic heterocycles. The van der Waals surface area contributed by atoms with Crippen molar-refractivity contribution in [3.05, 3.63) is 35.6 Å². The molecule has 1 unspecified atom stereocenters. The molecule has 0 radical (unpaired) electrons. The lowest BCUT2D eigenvalue weighted by Crippen LogP contribution is -2.46. The first kappa shape index (κ1) is 18.1. The third-order valence-electron chi connectivity index (χ3n) is 3.68. The van der Waals surface area contributed by atoms with E-state index < -0.39 is 11.5 Å². The van der Waals surface area contributed by atoms with Crippen LogP contribution in [0.1, 0.15) is 45.6 Å². The summed E-state index contributed by atoms with van der Waals surface area (Å²) in [6.07, 6.45) is 1.42. The highest BCUT2D eigenvalue weighted by Crippen LogP contribution is 2.16. The van der Waals surface area contributed by atoms with Crippen molar-refractivity contribution in [2.75, 3.05) is 0 Å². The number of amides is 1. The fraction of sp³-hybridized carbons (Fsp3) is 0.529. The maximum Gasteiger partial charge on any atom is 0.303 e. The molecule has 0 saturated heterocycles. The van der Waals surface area contributed by atoms with Crippen LogP contribution in [-0.4, -0.2) is 22.5 Å². The first-order valence-electron chi connectivity index (χ1n) is 7.48. The lowest BCUT2D eigenvalue weighted by atomic mass is 9.95. The topological polar surface area (TPSA) is 66.4 Å². The number of hydrogen-bond acceptors (Lipinski definition) is 2. The Bertz CT molecular complexity index is 528. The number of carbonyl (C=O) groups is 2. The number of carboxylic acid groups (broad SMARTS) is 1. The highest BCUT2D eigenvalue weighted by Gasteiger charge is 2.24. The van der Waals surface area contributed by atoms with Crippen LogP contribution in [0.2, 0.25) is 0 Å². The zero-order valence-electron chi connectivity index (χ0n) is 13.4. The highest BCUT2D eigenvalue weighted by molar-refractivity contribution is 5.79. The van der Waals surface area contributed by atoms with Gasteiger partial charge < -0.3 is 10.4 Å². The van der Waals surface area contributed by atoms with Gasteiger partial charge in [0.05, 0.1) is 0 Å². The molecule has 1 rings (SSSR count). The van der Waals surface area contributed by atoms with Crippen LogP contribution in [0.4, 0.5) is 4.39 Å². The average molecular weight is 309 g/mol. The quantitative estimate of drug-likeness (QED) is 0.775. The van der Waals surface area contributed by atoms with Crippen LogP contribution in [0.15, 0.2) is 24.3 Å². The molecule has 0 saturated carbocycles. The summed E-state index contributed by atoms with van der Waals surface area (Å²) in [7, 11) is 0. The van der Waals surface area contributed by atoms with E-state index in [0.29, 0.717) is 24.8 Å². The molecule has 0 aliphatic carbocycles. The van der Waals surface area contributed by atoms with Crippen molar-refractivity contribution in [2.24, 2.45) is 5.92 Å². The Balaban J connectivity index is 2.48. The first-order valence-corrected chi connectivity index (χ1v) is 7.48. The number of aliphatic carboxylic acids is 1. The minimum Gasteiger partial charge on any atom is -0.481 e. The van der Waals surface area contributed by atoms with Gasteiger partial charge in [-0.1, -0.05) is 25.1 Å². The van der Waals surface area contributed by atoms with Crippen LogP contribution in [0.5, 0.6) is 0 Å². The second-order valence-electron chi connectivity index (χ2n) is 6.30. The van der Waals surface area contributed by atoms with E-state index in [1.165, 1.54) is 6.07 Å². The summed E-state index contributed by atoms with van der Waals surface area (Å²) in [5.41, 5.74) is 0.0362. The molecule has 122 valence electrons. The summed E-state index contributed by atoms with van der Waals surface area (Å²) < 4.78 is 13.5. The molecule has 1 aromatic carbocycles. The van der Waals surface area contributed by atoms with Gasteiger partial charge in [-0.3, -0.25) is 9.59 Å². The van der Waals surface area contributed by atoms with Gasteiger partial charge in [-0.2, -0.15) is 0 Å². The molecule has 22 heavy (non-hydrogen) atoms. The number of benzene rings is 1. The number of nitrogens with one attached hydrogen (secondary N) is 1. The molecule has 1 amide bonds. The second kappa shape index (κ2) is 7.92. The van der Waals surface area contributed by atoms with Crippen molar-refractivity contribution in [2.45, 2.75) is 52.0 Å². The molecular weight excluding hydrogens is 285 g/mol. The monoisotopic (exact) mass is 309 g/mol. The molecule has 0 aromatic heterocycles. The van der Waals surface area contributed by atoms with Crippen molar-refractivity contribution >= 4 is 11.9 Å². The Morgan fingerprint density at radius 1 is 1.32 bits per heavy atom. The smallest absolute Gasteiger partial charge is 0.303 e. The van der Waals surface area contributed by atoms with Gasteiger partial charge in [0, 0.05) is 17.9 Å². The predicted octanol–water partition coefficient (Wildman–Crippen LogP) is 3.15. The van der Waals surface area contributed by atoms with E-state index >= 15 is 0 Å². The summed E-state index contributed by atoms with van der Waals surface area (Å²) in [5, 5.41) is 11.6. The molecule has 0 aliphatic rings. The summed E-state index contributed by atoms with van der Waals surface area (Å²) >= 11 is 0. The van der Waals surface area contributed by atoms with Crippen molar-refractivity contribution in [1.82, 2.24) is 5.32 Å². The maximum absolute atomic E-state index is 13.5. The zero-order chi connectivity index (χ0) is 16.8. The third kappa shape index (κ3) is 6.24. The molecular formula is C17H24FNO3. The first-order chi connectivity index (χ1) is 10.2. The van der Waals surface area contributed by atoms with Gasteiger partial charge in [-0.05, 0) is 44.7 Å². The van der Waals surface area contributed by atoms with E-state index in [-0.39, 0.29) is 24.1 Å². The summed E-state index contributed by atoms with van der Waals surface area (Å²) in [6.45, 7) is 5.40. The molecule has 1 atom stereocenters. The number of carboxylic acids is 1. The van der Waals surface area contributed by atoms with Crippen molar-refractivity contribution in [3.8, 4) is 0 Å². The molecule has 0 spiro atoms. The van der Waals surface area contributed by atoms with Crippen LogP contribution >= 0.6 is 0 Å². The zero-order valence-corrected chi connectivity index (χ0v) is 13.4. The summed E-state index contributed by atoms with van der Waals surface area (Å²) in [6, 6.07) is 6.55. The lowest BCUT2D eigenvalue weighted by Gasteiger charge is -2.27. The Morgan fingerprint density at radius 3 is 2.55 bits per heavy atom. The van der Waals surface area contributed by atoms with E-state index in [4.69, 9.17) is 5.11 Å². The molecule has 1 aromatic rings.